The van der Waals surface area contributed by atoms with E-state index in [1.165, 1.54) is 19.4 Å². The van der Waals surface area contributed by atoms with Crippen molar-refractivity contribution < 1.29 is 0 Å². The van der Waals surface area contributed by atoms with Crippen molar-refractivity contribution >= 4 is 11.8 Å². The van der Waals surface area contributed by atoms with Gasteiger partial charge in [-0.05, 0) is 40.3 Å². The number of anilines is 2. The third-order valence-electron chi connectivity index (χ3n) is 3.38. The first kappa shape index (κ1) is 13.1. The topological polar surface area (TPSA) is 53.1 Å². The molecule has 0 aliphatic carbocycles. The van der Waals surface area contributed by atoms with E-state index in [1.54, 1.807) is 0 Å². The molecule has 5 nitrogen and oxygen atoms in total. The van der Waals surface area contributed by atoms with Gasteiger partial charge in [0.05, 0.1) is 0 Å². The number of nitrogens with one attached hydrogen (secondary N) is 2. The van der Waals surface area contributed by atoms with Gasteiger partial charge in [-0.2, -0.15) is 4.98 Å². The molecule has 0 bridgehead atoms. The molecule has 1 aliphatic heterocycles. The average molecular weight is 249 g/mol. The maximum absolute atomic E-state index is 4.46. The molecule has 0 saturated carbocycles. The van der Waals surface area contributed by atoms with E-state index < -0.39 is 0 Å². The molecule has 18 heavy (non-hydrogen) atoms. The van der Waals surface area contributed by atoms with E-state index in [-0.39, 0.29) is 0 Å². The monoisotopic (exact) mass is 249 g/mol. The van der Waals surface area contributed by atoms with Crippen molar-refractivity contribution in [1.82, 2.24) is 14.9 Å². The van der Waals surface area contributed by atoms with Crippen molar-refractivity contribution in [2.75, 3.05) is 37.3 Å². The van der Waals surface area contributed by atoms with E-state index in [2.05, 4.69) is 32.5 Å². The van der Waals surface area contributed by atoms with Gasteiger partial charge in [-0.1, -0.05) is 0 Å². The van der Waals surface area contributed by atoms with Gasteiger partial charge in [-0.25, -0.2) is 4.98 Å². The molecule has 1 aliphatic rings. The second-order valence-corrected chi connectivity index (χ2v) is 4.91. The Labute approximate surface area is 109 Å². The van der Waals surface area contributed by atoms with Crippen molar-refractivity contribution in [2.45, 2.75) is 32.7 Å². The molecular formula is C13H23N5. The molecule has 0 amide bonds. The summed E-state index contributed by atoms with van der Waals surface area (Å²) in [7, 11) is 2.19. The first-order chi connectivity index (χ1) is 8.69. The van der Waals surface area contributed by atoms with Crippen LogP contribution in [0.4, 0.5) is 11.8 Å². The molecule has 5 heteroatoms. The molecule has 0 aromatic carbocycles. The van der Waals surface area contributed by atoms with E-state index in [9.17, 15) is 0 Å². The minimum absolute atomic E-state index is 0.628. The average Bonchev–Trinajstić information content (AvgIpc) is 2.72. The van der Waals surface area contributed by atoms with Gasteiger partial charge in [-0.15, -0.1) is 0 Å². The summed E-state index contributed by atoms with van der Waals surface area (Å²) in [4.78, 5) is 11.2. The van der Waals surface area contributed by atoms with Gasteiger partial charge in [-0.3, -0.25) is 0 Å². The van der Waals surface area contributed by atoms with Crippen LogP contribution in [0.15, 0.2) is 6.07 Å². The summed E-state index contributed by atoms with van der Waals surface area (Å²) in [5, 5.41) is 6.58. The number of nitrogens with zero attached hydrogens (tertiary/aromatic N) is 3. The second kappa shape index (κ2) is 6.00. The number of rotatable bonds is 5. The Hall–Kier alpha value is -1.36. The highest BCUT2D eigenvalue weighted by Crippen LogP contribution is 2.16. The molecule has 1 saturated heterocycles. The standard InChI is InChI=1S/C13H23N5/c1-4-14-13-16-10(2)8-12(17-13)15-9-11-6-5-7-18(11)3/h8,11H,4-7,9H2,1-3H3,(H2,14,15,16,17). The van der Waals surface area contributed by atoms with Crippen LogP contribution in [0.3, 0.4) is 0 Å². The highest BCUT2D eigenvalue weighted by molar-refractivity contribution is 5.42. The van der Waals surface area contributed by atoms with Crippen LogP contribution in [0.25, 0.3) is 0 Å². The number of likely N-dealkylation sites (tertiary alicyclic amines) is 1. The number of hydrogen-bond donors (Lipinski definition) is 2. The predicted octanol–water partition coefficient (Wildman–Crippen LogP) is 1.72. The van der Waals surface area contributed by atoms with Gasteiger partial charge in [0.2, 0.25) is 5.95 Å². The Morgan fingerprint density at radius 2 is 2.22 bits per heavy atom. The van der Waals surface area contributed by atoms with Crippen molar-refractivity contribution in [2.24, 2.45) is 0 Å². The van der Waals surface area contributed by atoms with Gasteiger partial charge < -0.3 is 15.5 Å². The maximum atomic E-state index is 4.46. The number of aromatic nitrogens is 2. The molecule has 1 unspecified atom stereocenters. The van der Waals surface area contributed by atoms with Gasteiger partial charge >= 0.3 is 0 Å². The normalized spacial score (nSPS) is 20.1. The minimum Gasteiger partial charge on any atom is -0.368 e. The summed E-state index contributed by atoms with van der Waals surface area (Å²) in [5.74, 6) is 1.62. The zero-order valence-electron chi connectivity index (χ0n) is 11.5. The third-order valence-corrected chi connectivity index (χ3v) is 3.38. The largest absolute Gasteiger partial charge is 0.368 e. The molecule has 0 spiro atoms. The van der Waals surface area contributed by atoms with Crippen LogP contribution >= 0.6 is 0 Å². The summed E-state index contributed by atoms with van der Waals surface area (Å²) in [6.45, 7) is 7.05. The number of hydrogen-bond acceptors (Lipinski definition) is 5. The quantitative estimate of drug-likeness (QED) is 0.832. The predicted molar refractivity (Wildman–Crippen MR) is 75.1 cm³/mol. The Morgan fingerprint density at radius 3 is 2.89 bits per heavy atom. The summed E-state index contributed by atoms with van der Waals surface area (Å²) < 4.78 is 0. The highest BCUT2D eigenvalue weighted by atomic mass is 15.2. The van der Waals surface area contributed by atoms with E-state index in [1.807, 2.05) is 19.9 Å². The molecule has 1 aromatic heterocycles. The van der Waals surface area contributed by atoms with E-state index in [0.29, 0.717) is 12.0 Å². The second-order valence-electron chi connectivity index (χ2n) is 4.91. The lowest BCUT2D eigenvalue weighted by molar-refractivity contribution is 0.322. The van der Waals surface area contributed by atoms with Crippen LogP contribution in [0.5, 0.6) is 0 Å². The summed E-state index contributed by atoms with van der Waals surface area (Å²) >= 11 is 0. The molecular weight excluding hydrogens is 226 g/mol. The van der Waals surface area contributed by atoms with Gasteiger partial charge in [0.15, 0.2) is 0 Å². The van der Waals surface area contributed by atoms with Crippen LogP contribution in [0, 0.1) is 6.92 Å². The molecule has 1 fully saturated rings. The summed E-state index contributed by atoms with van der Waals surface area (Å²) in [6.07, 6.45) is 2.57. The SMILES string of the molecule is CCNc1nc(C)cc(NCC2CCCN2C)n1. The van der Waals surface area contributed by atoms with Crippen molar-refractivity contribution in [1.29, 1.82) is 0 Å². The zero-order valence-corrected chi connectivity index (χ0v) is 11.5. The van der Waals surface area contributed by atoms with E-state index in [0.717, 1.165) is 24.6 Å². The Kier molecular flexibility index (Phi) is 4.36. The lowest BCUT2D eigenvalue weighted by Crippen LogP contribution is -2.31. The van der Waals surface area contributed by atoms with Gasteiger partial charge in [0.25, 0.3) is 0 Å². The lowest BCUT2D eigenvalue weighted by atomic mass is 10.2. The van der Waals surface area contributed by atoms with Gasteiger partial charge in [0.1, 0.15) is 5.82 Å². The molecule has 0 radical (unpaired) electrons. The van der Waals surface area contributed by atoms with Crippen LogP contribution in [-0.2, 0) is 0 Å². The molecule has 1 atom stereocenters. The number of aryl methyl sites for hydroxylation is 1. The van der Waals surface area contributed by atoms with Crippen molar-refractivity contribution in [3.05, 3.63) is 11.8 Å². The molecule has 2 heterocycles. The first-order valence-corrected chi connectivity index (χ1v) is 6.72. The van der Waals surface area contributed by atoms with Crippen LogP contribution in [0.1, 0.15) is 25.5 Å². The first-order valence-electron chi connectivity index (χ1n) is 6.72. The molecule has 1 aromatic rings. The Balaban J connectivity index is 1.95. The Morgan fingerprint density at radius 1 is 1.39 bits per heavy atom. The molecule has 2 rings (SSSR count). The Bertz CT molecular complexity index is 393. The minimum atomic E-state index is 0.628. The van der Waals surface area contributed by atoms with Gasteiger partial charge in [0, 0.05) is 30.9 Å². The van der Waals surface area contributed by atoms with E-state index in [4.69, 9.17) is 0 Å². The fourth-order valence-electron chi connectivity index (χ4n) is 2.36. The third kappa shape index (κ3) is 3.32. The van der Waals surface area contributed by atoms with E-state index >= 15 is 0 Å². The lowest BCUT2D eigenvalue weighted by Gasteiger charge is -2.20. The fraction of sp³-hybridized carbons (Fsp3) is 0.692. The van der Waals surface area contributed by atoms with Crippen LogP contribution < -0.4 is 10.6 Å². The summed E-state index contributed by atoms with van der Waals surface area (Å²) in [5.41, 5.74) is 0.989. The summed E-state index contributed by atoms with van der Waals surface area (Å²) in [6, 6.07) is 2.62. The zero-order chi connectivity index (χ0) is 13.0. The smallest absolute Gasteiger partial charge is 0.224 e. The van der Waals surface area contributed by atoms with Crippen molar-refractivity contribution in [3.8, 4) is 0 Å². The molecule has 2 N–H and O–H groups in total. The highest BCUT2D eigenvalue weighted by Gasteiger charge is 2.20. The van der Waals surface area contributed by atoms with Crippen molar-refractivity contribution in [3.63, 3.8) is 0 Å². The fourth-order valence-corrected chi connectivity index (χ4v) is 2.36. The maximum Gasteiger partial charge on any atom is 0.224 e. The number of likely N-dealkylation sites (N-methyl/N-ethyl adjacent to an activating group) is 1. The molecule has 100 valence electrons. The van der Waals surface area contributed by atoms with Crippen LogP contribution in [-0.4, -0.2) is 47.6 Å². The van der Waals surface area contributed by atoms with Crippen LogP contribution in [0.2, 0.25) is 0 Å².